The number of nitrogens with zero attached hydrogens (tertiary/aromatic N) is 2. The van der Waals surface area contributed by atoms with Gasteiger partial charge in [0.1, 0.15) is 0 Å². The third kappa shape index (κ3) is 5.82. The zero-order valence-electron chi connectivity index (χ0n) is 11.6. The minimum absolute atomic E-state index is 0.112. The van der Waals surface area contributed by atoms with Crippen molar-refractivity contribution in [2.75, 3.05) is 13.1 Å². The van der Waals surface area contributed by atoms with Crippen molar-refractivity contribution >= 4 is 5.91 Å². The Bertz CT molecular complexity index is 360. The molecule has 0 saturated carbocycles. The van der Waals surface area contributed by atoms with E-state index in [9.17, 15) is 4.79 Å². The Kier molecular flexibility index (Phi) is 6.43. The number of nitrogens with one attached hydrogen (secondary N) is 2. The first kappa shape index (κ1) is 14.7. The Morgan fingerprint density at radius 3 is 2.89 bits per heavy atom. The molecule has 102 valence electrons. The van der Waals surface area contributed by atoms with Crippen molar-refractivity contribution in [2.45, 2.75) is 40.3 Å². The highest BCUT2D eigenvalue weighted by Gasteiger charge is 2.02. The predicted molar refractivity (Wildman–Crippen MR) is 72.1 cm³/mol. The molecule has 5 heteroatoms. The average molecular weight is 252 g/mol. The van der Waals surface area contributed by atoms with E-state index in [2.05, 4.69) is 36.5 Å². The van der Waals surface area contributed by atoms with Crippen LogP contribution in [0.4, 0.5) is 0 Å². The number of carbonyl (C=O) groups excluding carboxylic acids is 1. The molecule has 5 nitrogen and oxygen atoms in total. The summed E-state index contributed by atoms with van der Waals surface area (Å²) in [6.07, 6.45) is 4.40. The minimum atomic E-state index is 0.112. The Morgan fingerprint density at radius 2 is 2.28 bits per heavy atom. The molecule has 0 spiro atoms. The number of aromatic nitrogens is 2. The van der Waals surface area contributed by atoms with Crippen molar-refractivity contribution in [1.29, 1.82) is 0 Å². The van der Waals surface area contributed by atoms with Gasteiger partial charge < -0.3 is 10.6 Å². The molecule has 0 atom stereocenters. The third-order valence-electron chi connectivity index (χ3n) is 2.58. The quantitative estimate of drug-likeness (QED) is 0.682. The van der Waals surface area contributed by atoms with Crippen LogP contribution in [0.3, 0.4) is 0 Å². The summed E-state index contributed by atoms with van der Waals surface area (Å²) in [5, 5.41) is 10.3. The Hall–Kier alpha value is -1.36. The van der Waals surface area contributed by atoms with Crippen molar-refractivity contribution in [3.63, 3.8) is 0 Å². The summed E-state index contributed by atoms with van der Waals surface area (Å²) in [5.74, 6) is 0.613. The highest BCUT2D eigenvalue weighted by Crippen LogP contribution is 1.96. The van der Waals surface area contributed by atoms with Crippen LogP contribution in [0.2, 0.25) is 0 Å². The van der Waals surface area contributed by atoms with Gasteiger partial charge >= 0.3 is 0 Å². The monoisotopic (exact) mass is 252 g/mol. The zero-order valence-corrected chi connectivity index (χ0v) is 11.6. The maximum atomic E-state index is 11.4. The van der Waals surface area contributed by atoms with Gasteiger partial charge in [-0.2, -0.15) is 5.10 Å². The van der Waals surface area contributed by atoms with Gasteiger partial charge in [0.25, 0.3) is 0 Å². The van der Waals surface area contributed by atoms with Crippen molar-refractivity contribution in [3.8, 4) is 0 Å². The molecule has 0 aliphatic rings. The third-order valence-corrected chi connectivity index (χ3v) is 2.58. The van der Waals surface area contributed by atoms with Crippen LogP contribution in [-0.4, -0.2) is 28.8 Å². The van der Waals surface area contributed by atoms with Crippen LogP contribution in [0, 0.1) is 5.92 Å². The molecule has 0 aliphatic carbocycles. The summed E-state index contributed by atoms with van der Waals surface area (Å²) in [7, 11) is 0. The topological polar surface area (TPSA) is 59.0 Å². The second kappa shape index (κ2) is 7.87. The first-order chi connectivity index (χ1) is 8.61. The van der Waals surface area contributed by atoms with Crippen LogP contribution in [0.5, 0.6) is 0 Å². The molecule has 18 heavy (non-hydrogen) atoms. The van der Waals surface area contributed by atoms with Crippen LogP contribution < -0.4 is 10.6 Å². The van der Waals surface area contributed by atoms with Crippen LogP contribution >= 0.6 is 0 Å². The molecule has 2 N–H and O–H groups in total. The Morgan fingerprint density at radius 1 is 1.50 bits per heavy atom. The fourth-order valence-corrected chi connectivity index (χ4v) is 1.51. The second-order valence-electron chi connectivity index (χ2n) is 4.83. The fourth-order valence-electron chi connectivity index (χ4n) is 1.51. The average Bonchev–Trinajstić information content (AvgIpc) is 2.80. The van der Waals surface area contributed by atoms with E-state index in [-0.39, 0.29) is 5.91 Å². The molecule has 0 bridgehead atoms. The van der Waals surface area contributed by atoms with Gasteiger partial charge in [-0.05, 0) is 12.8 Å². The molecule has 1 amide bonds. The molecule has 0 radical (unpaired) electrons. The molecule has 0 saturated heterocycles. The molecular formula is C13H24N4O. The van der Waals surface area contributed by atoms with Crippen molar-refractivity contribution in [3.05, 3.63) is 18.0 Å². The number of rotatable bonds is 8. The normalized spacial score (nSPS) is 10.9. The van der Waals surface area contributed by atoms with Crippen LogP contribution in [0.1, 0.15) is 32.8 Å². The van der Waals surface area contributed by atoms with E-state index >= 15 is 0 Å². The Labute approximate surface area is 109 Å². The van der Waals surface area contributed by atoms with Gasteiger partial charge in [-0.25, -0.2) is 0 Å². The maximum Gasteiger partial charge on any atom is 0.221 e. The van der Waals surface area contributed by atoms with E-state index in [4.69, 9.17) is 0 Å². The summed E-state index contributed by atoms with van der Waals surface area (Å²) >= 11 is 0. The first-order valence-electron chi connectivity index (χ1n) is 6.60. The smallest absolute Gasteiger partial charge is 0.221 e. The van der Waals surface area contributed by atoms with Gasteiger partial charge in [0.15, 0.2) is 0 Å². The minimum Gasteiger partial charge on any atom is -0.356 e. The molecule has 0 unspecified atom stereocenters. The summed E-state index contributed by atoms with van der Waals surface area (Å²) in [6.45, 7) is 9.33. The lowest BCUT2D eigenvalue weighted by Crippen LogP contribution is -2.30. The lowest BCUT2D eigenvalue weighted by molar-refractivity contribution is -0.121. The van der Waals surface area contributed by atoms with Crippen LogP contribution in [0.15, 0.2) is 12.4 Å². The zero-order chi connectivity index (χ0) is 13.4. The predicted octanol–water partition coefficient (Wildman–Crippen LogP) is 1.15. The Balaban J connectivity index is 2.09. The molecule has 0 aromatic carbocycles. The molecule has 0 fully saturated rings. The van der Waals surface area contributed by atoms with E-state index in [1.54, 1.807) is 0 Å². The largest absolute Gasteiger partial charge is 0.356 e. The molecule has 0 aliphatic heterocycles. The number of hydrogen-bond donors (Lipinski definition) is 2. The molecule has 1 rings (SSSR count). The summed E-state index contributed by atoms with van der Waals surface area (Å²) in [4.78, 5) is 11.4. The number of amides is 1. The van der Waals surface area contributed by atoms with Gasteiger partial charge in [0, 0.05) is 44.4 Å². The van der Waals surface area contributed by atoms with E-state index in [0.29, 0.717) is 18.9 Å². The number of carbonyl (C=O) groups is 1. The second-order valence-corrected chi connectivity index (χ2v) is 4.83. The lowest BCUT2D eigenvalue weighted by Gasteiger charge is -2.07. The van der Waals surface area contributed by atoms with Gasteiger partial charge in [-0.15, -0.1) is 0 Å². The molecule has 1 aromatic heterocycles. The number of hydrogen-bond acceptors (Lipinski definition) is 3. The van der Waals surface area contributed by atoms with Crippen molar-refractivity contribution in [2.24, 2.45) is 5.92 Å². The maximum absolute atomic E-state index is 11.4. The van der Waals surface area contributed by atoms with Gasteiger partial charge in [0.05, 0.1) is 6.20 Å². The summed E-state index contributed by atoms with van der Waals surface area (Å²) in [6, 6.07) is 0. The van der Waals surface area contributed by atoms with Gasteiger partial charge in [-0.1, -0.05) is 13.8 Å². The van der Waals surface area contributed by atoms with Crippen molar-refractivity contribution < 1.29 is 4.79 Å². The van der Waals surface area contributed by atoms with E-state index in [1.165, 1.54) is 0 Å². The van der Waals surface area contributed by atoms with Crippen molar-refractivity contribution in [1.82, 2.24) is 20.4 Å². The molecule has 1 aromatic rings. The first-order valence-corrected chi connectivity index (χ1v) is 6.60. The van der Waals surface area contributed by atoms with Gasteiger partial charge in [-0.3, -0.25) is 9.48 Å². The summed E-state index contributed by atoms with van der Waals surface area (Å²) in [5.41, 5.74) is 1.15. The number of aryl methyl sites for hydroxylation is 1. The standard InChI is InChI=1S/C13H24N4O/c1-4-17-10-12(9-16-17)8-14-6-5-13(18)15-7-11(2)3/h9-11,14H,4-8H2,1-3H3,(H,15,18). The van der Waals surface area contributed by atoms with E-state index in [1.807, 2.05) is 17.1 Å². The lowest BCUT2D eigenvalue weighted by atomic mass is 10.2. The summed E-state index contributed by atoms with van der Waals surface area (Å²) < 4.78 is 1.90. The molecule has 1 heterocycles. The van der Waals surface area contributed by atoms with E-state index in [0.717, 1.165) is 25.2 Å². The van der Waals surface area contributed by atoms with Crippen LogP contribution in [-0.2, 0) is 17.9 Å². The SMILES string of the molecule is CCn1cc(CNCCC(=O)NCC(C)C)cn1. The fraction of sp³-hybridized carbons (Fsp3) is 0.692. The van der Waals surface area contributed by atoms with E-state index < -0.39 is 0 Å². The van der Waals surface area contributed by atoms with Gasteiger partial charge in [0.2, 0.25) is 5.91 Å². The molecular weight excluding hydrogens is 228 g/mol. The highest BCUT2D eigenvalue weighted by molar-refractivity contribution is 5.76. The highest BCUT2D eigenvalue weighted by atomic mass is 16.1. The van der Waals surface area contributed by atoms with Crippen LogP contribution in [0.25, 0.3) is 0 Å².